The number of amides is 1. The second kappa shape index (κ2) is 9.60. The Morgan fingerprint density at radius 3 is 2.63 bits per heavy atom. The topological polar surface area (TPSA) is 99.9 Å². The van der Waals surface area contributed by atoms with Crippen molar-refractivity contribution in [2.24, 2.45) is 0 Å². The highest BCUT2D eigenvalue weighted by Crippen LogP contribution is 2.22. The molecule has 8 nitrogen and oxygen atoms in total. The lowest BCUT2D eigenvalue weighted by Crippen LogP contribution is -2.21. The minimum Gasteiger partial charge on any atom is -0.497 e. The molecule has 0 atom stereocenters. The van der Waals surface area contributed by atoms with Crippen molar-refractivity contribution < 1.29 is 28.3 Å². The molecular formula is C22H22N2O6. The Bertz CT molecular complexity index is 1020. The zero-order chi connectivity index (χ0) is 21.5. The average Bonchev–Trinajstić information content (AvgIpc) is 3.08. The number of para-hydroxylation sites is 1. The zero-order valence-electron chi connectivity index (χ0n) is 16.9. The Morgan fingerprint density at radius 1 is 1.10 bits per heavy atom. The quantitative estimate of drug-likeness (QED) is 0.566. The Morgan fingerprint density at radius 2 is 1.90 bits per heavy atom. The summed E-state index contributed by atoms with van der Waals surface area (Å²) in [5.41, 5.74) is 2.30. The molecule has 0 spiro atoms. The van der Waals surface area contributed by atoms with Gasteiger partial charge in [0.1, 0.15) is 29.4 Å². The maximum Gasteiger partial charge on any atom is 0.342 e. The maximum absolute atomic E-state index is 12.5. The first-order valence-electron chi connectivity index (χ1n) is 9.22. The van der Waals surface area contributed by atoms with Crippen LogP contribution < -0.4 is 14.8 Å². The van der Waals surface area contributed by atoms with Crippen molar-refractivity contribution in [1.29, 1.82) is 0 Å². The largest absolute Gasteiger partial charge is 0.497 e. The highest BCUT2D eigenvalue weighted by atomic mass is 16.5. The number of esters is 1. The lowest BCUT2D eigenvalue weighted by molar-refractivity contribution is -0.119. The Balaban J connectivity index is 1.59. The average molecular weight is 410 g/mol. The summed E-state index contributed by atoms with van der Waals surface area (Å²) >= 11 is 0. The molecule has 0 saturated heterocycles. The summed E-state index contributed by atoms with van der Waals surface area (Å²) in [4.78, 5) is 24.6. The molecule has 1 aromatic heterocycles. The van der Waals surface area contributed by atoms with E-state index in [2.05, 4.69) is 10.5 Å². The molecule has 1 amide bonds. The van der Waals surface area contributed by atoms with Gasteiger partial charge in [-0.15, -0.1) is 0 Å². The van der Waals surface area contributed by atoms with Crippen LogP contribution in [0.1, 0.15) is 27.4 Å². The number of nitrogens with one attached hydrogen (secondary N) is 1. The molecular weight excluding hydrogens is 388 g/mol. The Labute approximate surface area is 173 Å². The number of anilines is 1. The minimum atomic E-state index is -0.662. The number of aryl methyl sites for hydroxylation is 2. The van der Waals surface area contributed by atoms with E-state index >= 15 is 0 Å². The van der Waals surface area contributed by atoms with Gasteiger partial charge in [-0.2, -0.15) is 0 Å². The summed E-state index contributed by atoms with van der Waals surface area (Å²) in [6.45, 7) is 3.37. The third-order valence-electron chi connectivity index (χ3n) is 4.35. The fraction of sp³-hybridized carbons (Fsp3) is 0.227. The van der Waals surface area contributed by atoms with E-state index in [1.807, 2.05) is 6.92 Å². The van der Waals surface area contributed by atoms with Crippen molar-refractivity contribution in [2.75, 3.05) is 19.0 Å². The predicted molar refractivity (Wildman–Crippen MR) is 109 cm³/mol. The van der Waals surface area contributed by atoms with E-state index in [1.165, 1.54) is 7.11 Å². The molecule has 0 unspecified atom stereocenters. The molecule has 0 saturated carbocycles. The number of hydrogen-bond acceptors (Lipinski definition) is 7. The van der Waals surface area contributed by atoms with E-state index in [-0.39, 0.29) is 12.2 Å². The van der Waals surface area contributed by atoms with Gasteiger partial charge in [0, 0.05) is 11.8 Å². The summed E-state index contributed by atoms with van der Waals surface area (Å²) in [5.74, 6) is 0.475. The molecule has 156 valence electrons. The van der Waals surface area contributed by atoms with Gasteiger partial charge in [0.2, 0.25) is 0 Å². The van der Waals surface area contributed by atoms with Crippen LogP contribution in [0.2, 0.25) is 0 Å². The van der Waals surface area contributed by atoms with Crippen LogP contribution in [-0.4, -0.2) is 30.7 Å². The lowest BCUT2D eigenvalue weighted by Gasteiger charge is -2.11. The standard InChI is InChI=1S/C22H22N2O6/c1-14-19(15(2)30-24-14)12-28-20-10-5-4-9-18(20)22(26)29-13-21(25)23-16-7-6-8-17(11-16)27-3/h4-11H,12-13H2,1-3H3,(H,23,25). The van der Waals surface area contributed by atoms with E-state index in [1.54, 1.807) is 55.5 Å². The molecule has 0 fully saturated rings. The van der Waals surface area contributed by atoms with Crippen molar-refractivity contribution in [1.82, 2.24) is 5.16 Å². The van der Waals surface area contributed by atoms with Crippen LogP contribution in [-0.2, 0) is 16.1 Å². The van der Waals surface area contributed by atoms with Gasteiger partial charge in [0.15, 0.2) is 6.61 Å². The number of nitrogens with zero attached hydrogens (tertiary/aromatic N) is 1. The second-order valence-corrected chi connectivity index (χ2v) is 6.44. The summed E-state index contributed by atoms with van der Waals surface area (Å²) in [5, 5.41) is 6.53. The molecule has 30 heavy (non-hydrogen) atoms. The molecule has 8 heteroatoms. The van der Waals surface area contributed by atoms with E-state index in [9.17, 15) is 9.59 Å². The van der Waals surface area contributed by atoms with Crippen LogP contribution in [0.25, 0.3) is 0 Å². The first kappa shape index (κ1) is 20.9. The van der Waals surface area contributed by atoms with E-state index in [4.69, 9.17) is 18.7 Å². The number of aromatic nitrogens is 1. The maximum atomic E-state index is 12.5. The number of ether oxygens (including phenoxy) is 3. The van der Waals surface area contributed by atoms with Gasteiger partial charge in [-0.05, 0) is 38.1 Å². The molecule has 1 N–H and O–H groups in total. The van der Waals surface area contributed by atoms with Gasteiger partial charge in [-0.25, -0.2) is 4.79 Å². The molecule has 1 heterocycles. The van der Waals surface area contributed by atoms with E-state index in [0.29, 0.717) is 22.9 Å². The normalized spacial score (nSPS) is 10.4. The zero-order valence-corrected chi connectivity index (χ0v) is 16.9. The van der Waals surface area contributed by atoms with Crippen LogP contribution in [0.15, 0.2) is 53.1 Å². The number of carbonyl (C=O) groups is 2. The third kappa shape index (κ3) is 5.16. The smallest absolute Gasteiger partial charge is 0.342 e. The second-order valence-electron chi connectivity index (χ2n) is 6.44. The minimum absolute atomic E-state index is 0.196. The van der Waals surface area contributed by atoms with Crippen LogP contribution in [0, 0.1) is 13.8 Å². The SMILES string of the molecule is COc1cccc(NC(=O)COC(=O)c2ccccc2OCc2c(C)noc2C)c1. The number of methoxy groups -OCH3 is 1. The molecule has 2 aromatic carbocycles. The molecule has 0 radical (unpaired) electrons. The van der Waals surface area contributed by atoms with Gasteiger partial charge < -0.3 is 24.1 Å². The predicted octanol–water partition coefficient (Wildman–Crippen LogP) is 3.67. The van der Waals surface area contributed by atoms with Crippen molar-refractivity contribution in [3.8, 4) is 11.5 Å². The first-order chi connectivity index (χ1) is 14.5. The van der Waals surface area contributed by atoms with Crippen molar-refractivity contribution in [2.45, 2.75) is 20.5 Å². The summed E-state index contributed by atoms with van der Waals surface area (Å²) in [6.07, 6.45) is 0. The van der Waals surface area contributed by atoms with Gasteiger partial charge in [-0.1, -0.05) is 23.4 Å². The van der Waals surface area contributed by atoms with Gasteiger partial charge in [-0.3, -0.25) is 4.79 Å². The number of carbonyl (C=O) groups excluding carboxylic acids is 2. The van der Waals surface area contributed by atoms with Crippen molar-refractivity contribution >= 4 is 17.6 Å². The van der Waals surface area contributed by atoms with Gasteiger partial charge in [0.25, 0.3) is 5.91 Å². The number of hydrogen-bond donors (Lipinski definition) is 1. The molecule has 3 aromatic rings. The molecule has 0 aliphatic rings. The molecule has 0 bridgehead atoms. The van der Waals surface area contributed by atoms with Crippen LogP contribution >= 0.6 is 0 Å². The fourth-order valence-electron chi connectivity index (χ4n) is 2.73. The fourth-order valence-corrected chi connectivity index (χ4v) is 2.73. The number of benzene rings is 2. The molecule has 3 rings (SSSR count). The Hall–Kier alpha value is -3.81. The highest BCUT2D eigenvalue weighted by Gasteiger charge is 2.17. The molecule has 0 aliphatic heterocycles. The van der Waals surface area contributed by atoms with Crippen LogP contribution in [0.4, 0.5) is 5.69 Å². The monoisotopic (exact) mass is 410 g/mol. The number of rotatable bonds is 8. The van der Waals surface area contributed by atoms with Crippen molar-refractivity contribution in [3.63, 3.8) is 0 Å². The molecule has 0 aliphatic carbocycles. The summed E-state index contributed by atoms with van der Waals surface area (Å²) < 4.78 is 21.2. The van der Waals surface area contributed by atoms with Crippen LogP contribution in [0.5, 0.6) is 11.5 Å². The summed E-state index contributed by atoms with van der Waals surface area (Å²) in [6, 6.07) is 13.5. The van der Waals surface area contributed by atoms with Crippen LogP contribution in [0.3, 0.4) is 0 Å². The third-order valence-corrected chi connectivity index (χ3v) is 4.35. The Kier molecular flexibility index (Phi) is 6.69. The van der Waals surface area contributed by atoms with Gasteiger partial charge in [0.05, 0.1) is 18.4 Å². The van der Waals surface area contributed by atoms with E-state index in [0.717, 1.165) is 11.3 Å². The first-order valence-corrected chi connectivity index (χ1v) is 9.22. The van der Waals surface area contributed by atoms with E-state index < -0.39 is 18.5 Å². The lowest BCUT2D eigenvalue weighted by atomic mass is 10.2. The summed E-state index contributed by atoms with van der Waals surface area (Å²) in [7, 11) is 1.54. The van der Waals surface area contributed by atoms with Crippen molar-refractivity contribution in [3.05, 3.63) is 71.1 Å². The van der Waals surface area contributed by atoms with Gasteiger partial charge >= 0.3 is 5.97 Å². The highest BCUT2D eigenvalue weighted by molar-refractivity contribution is 5.96.